The summed E-state index contributed by atoms with van der Waals surface area (Å²) >= 11 is 7.01. The second-order valence-corrected chi connectivity index (χ2v) is 4.86. The number of carbonyl (C=O) groups excluding carboxylic acids is 1. The molecule has 2 aromatic heterocycles. The number of esters is 1. The van der Waals surface area contributed by atoms with Crippen LogP contribution < -0.4 is 5.32 Å². The van der Waals surface area contributed by atoms with Gasteiger partial charge in [-0.1, -0.05) is 22.9 Å². The van der Waals surface area contributed by atoms with Crippen molar-refractivity contribution < 1.29 is 9.53 Å². The van der Waals surface area contributed by atoms with Gasteiger partial charge in [0.1, 0.15) is 0 Å². The van der Waals surface area contributed by atoms with Gasteiger partial charge in [0.05, 0.1) is 13.3 Å². The van der Waals surface area contributed by atoms with E-state index < -0.39 is 5.97 Å². The number of halogens is 1. The van der Waals surface area contributed by atoms with E-state index in [-0.39, 0.29) is 5.15 Å². The van der Waals surface area contributed by atoms with Crippen LogP contribution in [0, 0.1) is 0 Å². The average Bonchev–Trinajstić information content (AvgIpc) is 2.92. The molecule has 0 bridgehead atoms. The van der Waals surface area contributed by atoms with Crippen LogP contribution in [0.1, 0.15) is 15.2 Å². The fourth-order valence-electron chi connectivity index (χ4n) is 1.34. The van der Waals surface area contributed by atoms with Crippen molar-refractivity contribution in [3.05, 3.63) is 28.0 Å². The first-order chi connectivity index (χ1) is 8.60. The van der Waals surface area contributed by atoms with Crippen molar-refractivity contribution in [1.82, 2.24) is 14.8 Å². The molecule has 0 radical (unpaired) electrons. The van der Waals surface area contributed by atoms with Crippen LogP contribution in [0.4, 0.5) is 5.13 Å². The van der Waals surface area contributed by atoms with Crippen LogP contribution in [-0.4, -0.2) is 27.8 Å². The molecule has 96 valence electrons. The number of nitrogens with zero attached hydrogens (tertiary/aromatic N) is 3. The largest absolute Gasteiger partial charge is 0.465 e. The maximum atomic E-state index is 11.3. The molecule has 0 saturated carbocycles. The summed E-state index contributed by atoms with van der Waals surface area (Å²) in [4.78, 5) is 15.7. The monoisotopic (exact) mass is 286 g/mol. The topological polar surface area (TPSA) is 69.0 Å². The van der Waals surface area contributed by atoms with Crippen LogP contribution in [0.5, 0.6) is 0 Å². The maximum absolute atomic E-state index is 11.3. The zero-order valence-corrected chi connectivity index (χ0v) is 11.4. The van der Waals surface area contributed by atoms with E-state index in [0.717, 1.165) is 16.9 Å². The third kappa shape index (κ3) is 2.80. The zero-order valence-electron chi connectivity index (χ0n) is 9.81. The number of aryl methyl sites for hydroxylation is 1. The third-order valence-electron chi connectivity index (χ3n) is 2.16. The summed E-state index contributed by atoms with van der Waals surface area (Å²) in [6.07, 6.45) is 3.65. The van der Waals surface area contributed by atoms with E-state index in [4.69, 9.17) is 11.6 Å². The van der Waals surface area contributed by atoms with Crippen molar-refractivity contribution in [3.63, 3.8) is 0 Å². The first-order valence-electron chi connectivity index (χ1n) is 5.06. The van der Waals surface area contributed by atoms with Crippen LogP contribution in [-0.2, 0) is 18.3 Å². The van der Waals surface area contributed by atoms with Crippen molar-refractivity contribution in [2.75, 3.05) is 12.4 Å². The molecule has 0 aliphatic carbocycles. The Morgan fingerprint density at radius 2 is 2.44 bits per heavy atom. The van der Waals surface area contributed by atoms with E-state index >= 15 is 0 Å². The van der Waals surface area contributed by atoms with E-state index in [1.165, 1.54) is 7.11 Å². The zero-order chi connectivity index (χ0) is 13.1. The number of ether oxygens (including phenoxy) is 1. The molecule has 2 aromatic rings. The van der Waals surface area contributed by atoms with Crippen molar-refractivity contribution >= 4 is 34.0 Å². The highest BCUT2D eigenvalue weighted by atomic mass is 35.5. The molecular formula is C10H11ClN4O2S. The summed E-state index contributed by atoms with van der Waals surface area (Å²) in [6, 6.07) is 0. The Bertz CT molecular complexity index is 566. The van der Waals surface area contributed by atoms with Crippen molar-refractivity contribution in [3.8, 4) is 0 Å². The number of carbonyl (C=O) groups is 1. The minimum atomic E-state index is -0.480. The Morgan fingerprint density at radius 3 is 3.06 bits per heavy atom. The third-order valence-corrected chi connectivity index (χ3v) is 3.54. The van der Waals surface area contributed by atoms with Gasteiger partial charge in [-0.15, -0.1) is 0 Å². The van der Waals surface area contributed by atoms with Gasteiger partial charge in [0.25, 0.3) is 0 Å². The molecule has 0 aliphatic heterocycles. The smallest absolute Gasteiger partial charge is 0.351 e. The highest BCUT2D eigenvalue weighted by Crippen LogP contribution is 2.27. The molecule has 0 aliphatic rings. The molecule has 18 heavy (non-hydrogen) atoms. The molecule has 0 amide bonds. The first kappa shape index (κ1) is 12.8. The fourth-order valence-corrected chi connectivity index (χ4v) is 2.44. The van der Waals surface area contributed by atoms with Gasteiger partial charge in [-0.05, 0) is 0 Å². The number of thiazole rings is 1. The summed E-state index contributed by atoms with van der Waals surface area (Å²) in [6.45, 7) is 0.568. The van der Waals surface area contributed by atoms with Gasteiger partial charge < -0.3 is 10.1 Å². The Morgan fingerprint density at radius 1 is 1.67 bits per heavy atom. The first-order valence-corrected chi connectivity index (χ1v) is 6.25. The number of nitrogens with one attached hydrogen (secondary N) is 1. The molecule has 2 rings (SSSR count). The molecule has 8 heteroatoms. The fraction of sp³-hybridized carbons (Fsp3) is 0.300. The van der Waals surface area contributed by atoms with Crippen LogP contribution in [0.15, 0.2) is 12.4 Å². The van der Waals surface area contributed by atoms with Gasteiger partial charge in [0.15, 0.2) is 15.2 Å². The molecule has 6 nitrogen and oxygen atoms in total. The molecule has 0 unspecified atom stereocenters. The summed E-state index contributed by atoms with van der Waals surface area (Å²) in [5.74, 6) is -0.480. The normalized spacial score (nSPS) is 10.4. The lowest BCUT2D eigenvalue weighted by Gasteiger charge is -1.98. The van der Waals surface area contributed by atoms with Crippen LogP contribution in [0.2, 0.25) is 5.15 Å². The Hall–Kier alpha value is -1.60. The lowest BCUT2D eigenvalue weighted by molar-refractivity contribution is 0.0606. The van der Waals surface area contributed by atoms with E-state index in [1.54, 1.807) is 10.9 Å². The number of hydrogen-bond acceptors (Lipinski definition) is 6. The van der Waals surface area contributed by atoms with Gasteiger partial charge >= 0.3 is 5.97 Å². The van der Waals surface area contributed by atoms with Crippen molar-refractivity contribution in [1.29, 1.82) is 0 Å². The molecule has 0 aromatic carbocycles. The van der Waals surface area contributed by atoms with Gasteiger partial charge in [-0.25, -0.2) is 9.78 Å². The number of hydrogen-bond donors (Lipinski definition) is 1. The quantitative estimate of drug-likeness (QED) is 0.870. The van der Waals surface area contributed by atoms with Gasteiger partial charge in [-0.2, -0.15) is 5.10 Å². The van der Waals surface area contributed by atoms with Crippen LogP contribution in [0.25, 0.3) is 0 Å². The predicted molar refractivity (Wildman–Crippen MR) is 69.0 cm³/mol. The Labute approximate surface area is 113 Å². The van der Waals surface area contributed by atoms with E-state index in [1.807, 2.05) is 13.2 Å². The lowest BCUT2D eigenvalue weighted by atomic mass is 10.4. The maximum Gasteiger partial charge on any atom is 0.351 e. The summed E-state index contributed by atoms with van der Waals surface area (Å²) in [5, 5.41) is 7.86. The summed E-state index contributed by atoms with van der Waals surface area (Å²) < 4.78 is 6.32. The second-order valence-electron chi connectivity index (χ2n) is 3.51. The molecule has 2 heterocycles. The van der Waals surface area contributed by atoms with Crippen molar-refractivity contribution in [2.24, 2.45) is 7.05 Å². The molecule has 0 saturated heterocycles. The van der Waals surface area contributed by atoms with Crippen molar-refractivity contribution in [2.45, 2.75) is 6.54 Å². The van der Waals surface area contributed by atoms with Gasteiger partial charge in [0.2, 0.25) is 0 Å². The minimum Gasteiger partial charge on any atom is -0.465 e. The number of methoxy groups -OCH3 is 1. The SMILES string of the molecule is COC(=O)c1sc(NCc2cnn(C)c2)nc1Cl. The van der Waals surface area contributed by atoms with E-state index in [9.17, 15) is 4.79 Å². The van der Waals surface area contributed by atoms with Gasteiger partial charge in [-0.3, -0.25) is 4.68 Å². The molecular weight excluding hydrogens is 276 g/mol. The highest BCUT2D eigenvalue weighted by Gasteiger charge is 2.17. The Kier molecular flexibility index (Phi) is 3.83. The number of anilines is 1. The number of rotatable bonds is 4. The summed E-state index contributed by atoms with van der Waals surface area (Å²) in [7, 11) is 3.15. The van der Waals surface area contributed by atoms with Crippen LogP contribution in [0.3, 0.4) is 0 Å². The van der Waals surface area contributed by atoms with E-state index in [2.05, 4.69) is 20.1 Å². The number of aromatic nitrogens is 3. The minimum absolute atomic E-state index is 0.153. The predicted octanol–water partition coefficient (Wildman–Crippen LogP) is 1.93. The molecule has 0 spiro atoms. The van der Waals surface area contributed by atoms with Crippen LogP contribution >= 0.6 is 22.9 Å². The van der Waals surface area contributed by atoms with E-state index in [0.29, 0.717) is 16.6 Å². The molecule has 0 atom stereocenters. The second kappa shape index (κ2) is 5.36. The lowest BCUT2D eigenvalue weighted by Crippen LogP contribution is -1.98. The Balaban J connectivity index is 2.04. The highest BCUT2D eigenvalue weighted by molar-refractivity contribution is 7.18. The average molecular weight is 287 g/mol. The molecule has 0 fully saturated rings. The molecule has 1 N–H and O–H groups in total. The summed E-state index contributed by atoms with van der Waals surface area (Å²) in [5.41, 5.74) is 1.02. The standard InChI is InChI=1S/C10H11ClN4O2S/c1-15-5-6(4-13-15)3-12-10-14-8(11)7(18-10)9(16)17-2/h4-5H,3H2,1-2H3,(H,12,14). The van der Waals surface area contributed by atoms with Gasteiger partial charge in [0, 0.05) is 25.4 Å².